The number of rotatable bonds is 5. The van der Waals surface area contributed by atoms with Gasteiger partial charge < -0.3 is 9.64 Å². The molecule has 0 bridgehead atoms. The number of carbonyl (C=O) groups excluding carboxylic acids is 1. The molecule has 142 valence electrons. The van der Waals surface area contributed by atoms with Crippen LogP contribution in [0.2, 0.25) is 0 Å². The summed E-state index contributed by atoms with van der Waals surface area (Å²) < 4.78 is 6.25. The van der Waals surface area contributed by atoms with E-state index in [1.54, 1.807) is 0 Å². The molecule has 1 aliphatic heterocycles. The monoisotopic (exact) mass is 371 g/mol. The Kier molecular flexibility index (Phi) is 5.16. The fourth-order valence-electron chi connectivity index (χ4n) is 3.82. The Labute approximate surface area is 166 Å². The lowest BCUT2D eigenvalue weighted by atomic mass is 9.97. The first-order valence-electron chi connectivity index (χ1n) is 9.80. The van der Waals surface area contributed by atoms with Crippen molar-refractivity contribution in [3.63, 3.8) is 0 Å². The minimum absolute atomic E-state index is 0.0619. The molecule has 1 aliphatic rings. The maximum Gasteiger partial charge on any atom is 0.254 e. The molecule has 1 heterocycles. The lowest BCUT2D eigenvalue weighted by Gasteiger charge is -2.30. The summed E-state index contributed by atoms with van der Waals surface area (Å²) in [5, 5.41) is 0. The molecule has 3 aromatic carbocycles. The standard InChI is InChI=1S/C25H25NO2/c1-18-8-6-9-20(16-18)17-26-15-14-22-23(25(26)27)12-7-13-24(22)28-19(2)21-10-4-3-5-11-21/h3-13,16,19H,14-15,17H2,1-2H3/t19-/m0/s1. The highest BCUT2D eigenvalue weighted by Gasteiger charge is 2.27. The third-order valence-corrected chi connectivity index (χ3v) is 5.31. The third-order valence-electron chi connectivity index (χ3n) is 5.31. The number of ether oxygens (including phenoxy) is 1. The molecule has 3 aromatic rings. The molecule has 3 heteroatoms. The molecule has 0 fully saturated rings. The zero-order chi connectivity index (χ0) is 19.5. The van der Waals surface area contributed by atoms with Crippen molar-refractivity contribution < 1.29 is 9.53 Å². The van der Waals surface area contributed by atoms with Crippen LogP contribution in [0.4, 0.5) is 0 Å². The van der Waals surface area contributed by atoms with Crippen molar-refractivity contribution in [2.24, 2.45) is 0 Å². The first-order valence-corrected chi connectivity index (χ1v) is 9.80. The molecule has 0 N–H and O–H groups in total. The number of hydrogen-bond donors (Lipinski definition) is 0. The zero-order valence-electron chi connectivity index (χ0n) is 16.4. The fourth-order valence-corrected chi connectivity index (χ4v) is 3.82. The Morgan fingerprint density at radius 2 is 1.79 bits per heavy atom. The Morgan fingerprint density at radius 3 is 2.57 bits per heavy atom. The number of fused-ring (bicyclic) bond motifs is 1. The van der Waals surface area contributed by atoms with Crippen molar-refractivity contribution in [2.75, 3.05) is 6.54 Å². The fraction of sp³-hybridized carbons (Fsp3) is 0.240. The van der Waals surface area contributed by atoms with Crippen molar-refractivity contribution in [1.29, 1.82) is 0 Å². The van der Waals surface area contributed by atoms with Gasteiger partial charge in [0.15, 0.2) is 0 Å². The van der Waals surface area contributed by atoms with Crippen LogP contribution in [-0.4, -0.2) is 17.4 Å². The minimum atomic E-state index is -0.0619. The molecule has 1 atom stereocenters. The summed E-state index contributed by atoms with van der Waals surface area (Å²) in [6.45, 7) is 5.48. The Balaban J connectivity index is 1.54. The molecule has 3 nitrogen and oxygen atoms in total. The van der Waals surface area contributed by atoms with Crippen LogP contribution in [0.1, 0.15) is 45.6 Å². The van der Waals surface area contributed by atoms with Crippen molar-refractivity contribution in [3.8, 4) is 5.75 Å². The topological polar surface area (TPSA) is 29.5 Å². The van der Waals surface area contributed by atoms with Crippen molar-refractivity contribution in [1.82, 2.24) is 4.90 Å². The Hall–Kier alpha value is -3.07. The van der Waals surface area contributed by atoms with Crippen LogP contribution in [0.5, 0.6) is 5.75 Å². The van der Waals surface area contributed by atoms with E-state index < -0.39 is 0 Å². The molecule has 28 heavy (non-hydrogen) atoms. The Morgan fingerprint density at radius 1 is 1.00 bits per heavy atom. The van der Waals surface area contributed by atoms with Crippen LogP contribution >= 0.6 is 0 Å². The molecular weight excluding hydrogens is 346 g/mol. The van der Waals surface area contributed by atoms with E-state index in [2.05, 4.69) is 37.3 Å². The summed E-state index contributed by atoms with van der Waals surface area (Å²) in [5.41, 5.74) is 5.30. The van der Waals surface area contributed by atoms with E-state index in [4.69, 9.17) is 4.74 Å². The van der Waals surface area contributed by atoms with E-state index in [0.717, 1.165) is 28.9 Å². The molecule has 0 saturated heterocycles. The van der Waals surface area contributed by atoms with Gasteiger partial charge in [0, 0.05) is 24.2 Å². The molecular formula is C25H25NO2. The van der Waals surface area contributed by atoms with E-state index in [1.807, 2.05) is 54.3 Å². The van der Waals surface area contributed by atoms with E-state index >= 15 is 0 Å². The summed E-state index contributed by atoms with van der Waals surface area (Å²) in [6.07, 6.45) is 0.748. The second kappa shape index (κ2) is 7.89. The van der Waals surface area contributed by atoms with Gasteiger partial charge in [-0.15, -0.1) is 0 Å². The number of benzene rings is 3. The van der Waals surface area contributed by atoms with Gasteiger partial charge in [0.25, 0.3) is 5.91 Å². The number of nitrogens with zero attached hydrogens (tertiary/aromatic N) is 1. The van der Waals surface area contributed by atoms with Crippen LogP contribution in [0, 0.1) is 6.92 Å². The highest BCUT2D eigenvalue weighted by atomic mass is 16.5. The quantitative estimate of drug-likeness (QED) is 0.606. The second-order valence-electron chi connectivity index (χ2n) is 7.42. The van der Waals surface area contributed by atoms with Gasteiger partial charge in [-0.05, 0) is 43.5 Å². The molecule has 0 radical (unpaired) electrons. The summed E-state index contributed by atoms with van der Waals surface area (Å²) >= 11 is 0. The lowest BCUT2D eigenvalue weighted by molar-refractivity contribution is 0.0724. The predicted octanol–water partition coefficient (Wildman–Crippen LogP) is 5.33. The average Bonchev–Trinajstić information content (AvgIpc) is 2.71. The number of amides is 1. The highest BCUT2D eigenvalue weighted by molar-refractivity contribution is 5.97. The number of carbonyl (C=O) groups is 1. The van der Waals surface area contributed by atoms with Crippen molar-refractivity contribution in [2.45, 2.75) is 32.9 Å². The minimum Gasteiger partial charge on any atom is -0.486 e. The smallest absolute Gasteiger partial charge is 0.254 e. The molecule has 0 saturated carbocycles. The van der Waals surface area contributed by atoms with E-state index in [0.29, 0.717) is 13.1 Å². The van der Waals surface area contributed by atoms with Crippen molar-refractivity contribution in [3.05, 3.63) is 101 Å². The first-order chi connectivity index (χ1) is 13.6. The van der Waals surface area contributed by atoms with Gasteiger partial charge in [0.05, 0.1) is 0 Å². The SMILES string of the molecule is Cc1cccc(CN2CCc3c(O[C@@H](C)c4ccccc4)cccc3C2=O)c1. The van der Waals surface area contributed by atoms with Gasteiger partial charge in [0.1, 0.15) is 11.9 Å². The molecule has 1 amide bonds. The van der Waals surface area contributed by atoms with Crippen molar-refractivity contribution >= 4 is 5.91 Å². The lowest BCUT2D eigenvalue weighted by Crippen LogP contribution is -2.37. The van der Waals surface area contributed by atoms with Crippen LogP contribution < -0.4 is 4.74 Å². The molecule has 0 aromatic heterocycles. The van der Waals surface area contributed by atoms with Crippen LogP contribution in [-0.2, 0) is 13.0 Å². The van der Waals surface area contributed by atoms with Crippen LogP contribution in [0.3, 0.4) is 0 Å². The van der Waals surface area contributed by atoms with Gasteiger partial charge in [0.2, 0.25) is 0 Å². The second-order valence-corrected chi connectivity index (χ2v) is 7.42. The Bertz CT molecular complexity index is 981. The molecule has 0 unspecified atom stereocenters. The number of aryl methyl sites for hydroxylation is 1. The molecule has 0 spiro atoms. The van der Waals surface area contributed by atoms with E-state index in [1.165, 1.54) is 11.1 Å². The summed E-state index contributed by atoms with van der Waals surface area (Å²) in [4.78, 5) is 15.0. The van der Waals surface area contributed by atoms with E-state index in [-0.39, 0.29) is 12.0 Å². The average molecular weight is 371 g/mol. The largest absolute Gasteiger partial charge is 0.486 e. The summed E-state index contributed by atoms with van der Waals surface area (Å²) in [5.74, 6) is 0.901. The van der Waals surface area contributed by atoms with Gasteiger partial charge in [-0.3, -0.25) is 4.79 Å². The summed E-state index contributed by atoms with van der Waals surface area (Å²) in [6, 6.07) is 24.3. The maximum atomic E-state index is 13.1. The molecule has 4 rings (SSSR count). The number of hydrogen-bond acceptors (Lipinski definition) is 2. The zero-order valence-corrected chi connectivity index (χ0v) is 16.4. The summed E-state index contributed by atoms with van der Waals surface area (Å²) in [7, 11) is 0. The third kappa shape index (κ3) is 3.79. The van der Waals surface area contributed by atoms with E-state index in [9.17, 15) is 4.79 Å². The van der Waals surface area contributed by atoms with Crippen LogP contribution in [0.25, 0.3) is 0 Å². The van der Waals surface area contributed by atoms with Gasteiger partial charge in [-0.2, -0.15) is 0 Å². The van der Waals surface area contributed by atoms with Gasteiger partial charge in [-0.25, -0.2) is 0 Å². The molecule has 0 aliphatic carbocycles. The normalized spacial score (nSPS) is 14.5. The maximum absolute atomic E-state index is 13.1. The highest BCUT2D eigenvalue weighted by Crippen LogP contribution is 2.31. The predicted molar refractivity (Wildman–Crippen MR) is 112 cm³/mol. The van der Waals surface area contributed by atoms with Gasteiger partial charge in [-0.1, -0.05) is 66.2 Å². The van der Waals surface area contributed by atoms with Crippen LogP contribution in [0.15, 0.2) is 72.8 Å². The van der Waals surface area contributed by atoms with Gasteiger partial charge >= 0.3 is 0 Å². The first kappa shape index (κ1) is 18.3.